The minimum Gasteiger partial charge on any atom is -0.495 e. The second-order valence-electron chi connectivity index (χ2n) is 8.87. The lowest BCUT2D eigenvalue weighted by Gasteiger charge is -2.49. The van der Waals surface area contributed by atoms with Crippen molar-refractivity contribution in [1.82, 2.24) is 25.4 Å². The van der Waals surface area contributed by atoms with E-state index in [4.69, 9.17) is 4.74 Å². The Bertz CT molecular complexity index is 1310. The molecule has 1 aromatic carbocycles. The molecule has 2 fully saturated rings. The minimum atomic E-state index is -1.34. The van der Waals surface area contributed by atoms with Gasteiger partial charge in [0.15, 0.2) is 0 Å². The molecule has 14 nitrogen and oxygen atoms in total. The summed E-state index contributed by atoms with van der Waals surface area (Å²) in [5, 5.41) is 28.9. The van der Waals surface area contributed by atoms with E-state index in [2.05, 4.69) is 15.7 Å². The van der Waals surface area contributed by atoms with Crippen molar-refractivity contribution in [2.75, 3.05) is 32.1 Å². The number of benzene rings is 1. The number of aliphatic hydroxyl groups is 1. The maximum atomic E-state index is 13.4. The van der Waals surface area contributed by atoms with Crippen LogP contribution in [0, 0.1) is 0 Å². The molecule has 3 atom stereocenters. The number of carboxylic acid groups (broad SMARTS) is 1. The first-order valence-electron chi connectivity index (χ1n) is 11.9. The van der Waals surface area contributed by atoms with Crippen LogP contribution in [0.3, 0.4) is 0 Å². The zero-order valence-electron chi connectivity index (χ0n) is 20.4. The highest BCUT2D eigenvalue weighted by molar-refractivity contribution is 8.00. The number of amides is 6. The zero-order valence-corrected chi connectivity index (χ0v) is 21.2. The lowest BCUT2D eigenvalue weighted by atomic mass is 10.0. The molecule has 0 spiro atoms. The number of carboxylic acids is 1. The molecule has 4 N–H and O–H groups in total. The van der Waals surface area contributed by atoms with Gasteiger partial charge in [-0.15, -0.1) is 11.8 Å². The number of hydrazone groups is 1. The molecule has 6 amide bonds. The van der Waals surface area contributed by atoms with Gasteiger partial charge in [-0.2, -0.15) is 5.10 Å². The Kier molecular flexibility index (Phi) is 7.26. The molecular formula is C24H24N6O8S. The normalized spacial score (nSPS) is 23.9. The molecule has 0 saturated carbocycles. The highest BCUT2D eigenvalue weighted by Gasteiger charge is 2.54. The number of fused-ring (bicyclic) bond motifs is 1. The number of aliphatic hydroxyl groups excluding tert-OH is 1. The van der Waals surface area contributed by atoms with E-state index >= 15 is 0 Å². The first kappa shape index (κ1) is 26.2. The van der Waals surface area contributed by atoms with E-state index in [1.165, 1.54) is 18.0 Å². The second-order valence-corrected chi connectivity index (χ2v) is 9.97. The van der Waals surface area contributed by atoms with Crippen LogP contribution in [0.15, 0.2) is 59.0 Å². The number of hydrogen-bond acceptors (Lipinski definition) is 9. The van der Waals surface area contributed by atoms with Crippen molar-refractivity contribution in [2.24, 2.45) is 5.10 Å². The van der Waals surface area contributed by atoms with Crippen LogP contribution in [0.4, 0.5) is 9.59 Å². The lowest BCUT2D eigenvalue weighted by Crippen LogP contribution is -2.71. The Balaban J connectivity index is 1.30. The fourth-order valence-corrected chi connectivity index (χ4v) is 5.86. The van der Waals surface area contributed by atoms with Gasteiger partial charge in [-0.05, 0) is 17.2 Å². The molecule has 4 aliphatic heterocycles. The van der Waals surface area contributed by atoms with E-state index in [-0.39, 0.29) is 36.7 Å². The van der Waals surface area contributed by atoms with Crippen molar-refractivity contribution in [3.63, 3.8) is 0 Å². The SMILES string of the molecule is O=C(O)C1=C(CO)CS[C@H]2C(NC(=O)C(NC(=O)N3CCN(N=C4C=COC4)C3=O)c3ccccc3)C(=O)N12. The molecule has 0 aromatic heterocycles. The Hall–Kier alpha value is -4.37. The molecule has 0 radical (unpaired) electrons. The Morgan fingerprint density at radius 2 is 1.95 bits per heavy atom. The predicted molar refractivity (Wildman–Crippen MR) is 136 cm³/mol. The van der Waals surface area contributed by atoms with Gasteiger partial charge in [0.05, 0.1) is 26.0 Å². The molecule has 0 bridgehead atoms. The zero-order chi connectivity index (χ0) is 27.7. The van der Waals surface area contributed by atoms with Crippen LogP contribution >= 0.6 is 11.8 Å². The molecule has 1 aromatic rings. The smallest absolute Gasteiger partial charge is 0.352 e. The summed E-state index contributed by atoms with van der Waals surface area (Å²) in [5.74, 6) is -2.52. The molecule has 4 heterocycles. The number of thioether (sulfide) groups is 1. The fourth-order valence-electron chi connectivity index (χ4n) is 4.52. The number of carbonyl (C=O) groups excluding carboxylic acids is 4. The van der Waals surface area contributed by atoms with E-state index in [0.717, 1.165) is 14.8 Å². The molecule has 39 heavy (non-hydrogen) atoms. The van der Waals surface area contributed by atoms with Gasteiger partial charge in [-0.3, -0.25) is 14.5 Å². The first-order chi connectivity index (χ1) is 18.8. The number of imide groups is 1. The number of ether oxygens (including phenoxy) is 1. The standard InChI is InChI=1S/C24H24N6O8S/c31-10-14-12-39-21-17(20(33)30(21)18(14)22(34)35)25-19(32)16(13-4-2-1-3-5-13)26-23(36)28-7-8-29(24(28)37)27-15-6-9-38-11-15/h1-6,9,16-17,21,31H,7-8,10-12H2,(H,25,32)(H,26,36)(H,34,35)/t16?,17?,21-/m0/s1. The largest absolute Gasteiger partial charge is 0.495 e. The Labute approximate surface area is 225 Å². The fraction of sp³-hybridized carbons (Fsp3) is 0.333. The van der Waals surface area contributed by atoms with Crippen LogP contribution in [0.25, 0.3) is 0 Å². The Morgan fingerprint density at radius 1 is 1.18 bits per heavy atom. The monoisotopic (exact) mass is 556 g/mol. The summed E-state index contributed by atoms with van der Waals surface area (Å²) in [5.41, 5.74) is 0.861. The van der Waals surface area contributed by atoms with Gasteiger partial charge >= 0.3 is 18.0 Å². The molecule has 2 saturated heterocycles. The van der Waals surface area contributed by atoms with Gasteiger partial charge in [-0.1, -0.05) is 30.3 Å². The molecule has 4 aliphatic rings. The summed E-state index contributed by atoms with van der Waals surface area (Å²) in [7, 11) is 0. The van der Waals surface area contributed by atoms with Crippen molar-refractivity contribution in [1.29, 1.82) is 0 Å². The third-order valence-corrected chi connectivity index (χ3v) is 7.81. The number of urea groups is 2. The summed E-state index contributed by atoms with van der Waals surface area (Å²) in [6.07, 6.45) is 3.06. The van der Waals surface area contributed by atoms with Crippen molar-refractivity contribution < 1.29 is 38.9 Å². The van der Waals surface area contributed by atoms with Crippen molar-refractivity contribution in [2.45, 2.75) is 17.5 Å². The third kappa shape index (κ3) is 4.93. The van der Waals surface area contributed by atoms with E-state index in [1.807, 2.05) is 0 Å². The molecule has 2 unspecified atom stereocenters. The first-order valence-corrected chi connectivity index (χ1v) is 13.0. The van der Waals surface area contributed by atoms with Crippen LogP contribution in [-0.4, -0.2) is 104 Å². The molecule has 5 rings (SSSR count). The van der Waals surface area contributed by atoms with Crippen LogP contribution < -0.4 is 10.6 Å². The number of nitrogens with one attached hydrogen (secondary N) is 2. The van der Waals surface area contributed by atoms with Crippen molar-refractivity contribution >= 4 is 47.3 Å². The summed E-state index contributed by atoms with van der Waals surface area (Å²) < 4.78 is 5.06. The van der Waals surface area contributed by atoms with Crippen LogP contribution in [-0.2, 0) is 19.1 Å². The van der Waals surface area contributed by atoms with Gasteiger partial charge in [0, 0.05) is 5.75 Å². The van der Waals surface area contributed by atoms with Crippen LogP contribution in [0.1, 0.15) is 11.6 Å². The summed E-state index contributed by atoms with van der Waals surface area (Å²) in [4.78, 5) is 65.8. The van der Waals surface area contributed by atoms with Gasteiger partial charge in [-0.25, -0.2) is 24.3 Å². The van der Waals surface area contributed by atoms with Crippen LogP contribution in [0.5, 0.6) is 0 Å². The maximum absolute atomic E-state index is 13.4. The molecule has 204 valence electrons. The molecule has 15 heteroatoms. The van der Waals surface area contributed by atoms with Gasteiger partial charge in [0.1, 0.15) is 35.5 Å². The second kappa shape index (κ2) is 10.8. The highest BCUT2D eigenvalue weighted by atomic mass is 32.2. The topological polar surface area (TPSA) is 181 Å². The number of β-lactam (4-membered cyclic amide) rings is 1. The van der Waals surface area contributed by atoms with Gasteiger partial charge < -0.3 is 25.6 Å². The van der Waals surface area contributed by atoms with E-state index in [9.17, 15) is 34.2 Å². The number of hydrogen-bond donors (Lipinski definition) is 4. The number of aliphatic carboxylic acids is 1. The van der Waals surface area contributed by atoms with Crippen LogP contribution in [0.2, 0.25) is 0 Å². The minimum absolute atomic E-state index is 0.0431. The predicted octanol–water partition coefficient (Wildman–Crippen LogP) is -0.194. The molecule has 0 aliphatic carbocycles. The van der Waals surface area contributed by atoms with E-state index in [1.54, 1.807) is 36.4 Å². The summed E-state index contributed by atoms with van der Waals surface area (Å²) in [6.45, 7) is -0.0876. The quantitative estimate of drug-likeness (QED) is 0.331. The third-order valence-electron chi connectivity index (χ3n) is 6.47. The average molecular weight is 557 g/mol. The van der Waals surface area contributed by atoms with E-state index < -0.39 is 53.9 Å². The molecular weight excluding hydrogens is 532 g/mol. The lowest BCUT2D eigenvalue weighted by molar-refractivity contribution is -0.151. The van der Waals surface area contributed by atoms with Gasteiger partial charge in [0.25, 0.3) is 5.91 Å². The number of carbonyl (C=O) groups is 5. The number of rotatable bonds is 7. The maximum Gasteiger partial charge on any atom is 0.352 e. The summed E-state index contributed by atoms with van der Waals surface area (Å²) in [6, 6.07) is 4.53. The highest BCUT2D eigenvalue weighted by Crippen LogP contribution is 2.40. The average Bonchev–Trinajstić information content (AvgIpc) is 3.59. The van der Waals surface area contributed by atoms with Gasteiger partial charge in [0.2, 0.25) is 5.91 Å². The van der Waals surface area contributed by atoms with Crippen molar-refractivity contribution in [3.8, 4) is 0 Å². The Morgan fingerprint density at radius 3 is 2.62 bits per heavy atom. The van der Waals surface area contributed by atoms with E-state index in [0.29, 0.717) is 11.3 Å². The number of nitrogens with zero attached hydrogens (tertiary/aromatic N) is 4. The summed E-state index contributed by atoms with van der Waals surface area (Å²) >= 11 is 1.21. The van der Waals surface area contributed by atoms with Crippen molar-refractivity contribution in [3.05, 3.63) is 59.5 Å².